The van der Waals surface area contributed by atoms with Crippen molar-refractivity contribution in [1.29, 1.82) is 0 Å². The normalized spacial score (nSPS) is 18.1. The third kappa shape index (κ3) is 2.84. The lowest BCUT2D eigenvalue weighted by molar-refractivity contribution is 0.0532. The lowest BCUT2D eigenvalue weighted by Gasteiger charge is -2.32. The van der Waals surface area contributed by atoms with Crippen LogP contribution in [0, 0.1) is 0 Å². The topological polar surface area (TPSA) is 20.2 Å². The second-order valence-electron chi connectivity index (χ2n) is 4.51. The molecule has 1 nitrogen and oxygen atoms in total. The summed E-state index contributed by atoms with van der Waals surface area (Å²) in [4.78, 5) is 0. The summed E-state index contributed by atoms with van der Waals surface area (Å²) in [7, 11) is 0. The molecule has 1 heteroatoms. The van der Waals surface area contributed by atoms with Crippen LogP contribution in [0.3, 0.4) is 0 Å². The van der Waals surface area contributed by atoms with Gasteiger partial charge in [0.25, 0.3) is 0 Å². The van der Waals surface area contributed by atoms with Crippen molar-refractivity contribution in [2.75, 3.05) is 0 Å². The maximum atomic E-state index is 10.6. The third-order valence-corrected chi connectivity index (χ3v) is 3.22. The van der Waals surface area contributed by atoms with Crippen LogP contribution in [0.5, 0.6) is 0 Å². The second kappa shape index (κ2) is 5.55. The number of allylic oxidation sites excluding steroid dienone is 1. The molecule has 0 aromatic carbocycles. The van der Waals surface area contributed by atoms with Gasteiger partial charge < -0.3 is 5.11 Å². The van der Waals surface area contributed by atoms with Crippen LogP contribution < -0.4 is 0 Å². The first-order chi connectivity index (χ1) is 6.73. The van der Waals surface area contributed by atoms with Crippen molar-refractivity contribution < 1.29 is 5.11 Å². The average molecular weight is 196 g/mol. The van der Waals surface area contributed by atoms with Gasteiger partial charge in [-0.05, 0) is 44.1 Å². The van der Waals surface area contributed by atoms with Crippen molar-refractivity contribution in [2.45, 2.75) is 70.8 Å². The van der Waals surface area contributed by atoms with Crippen molar-refractivity contribution in [3.8, 4) is 0 Å². The molecule has 0 unspecified atom stereocenters. The molecule has 0 aromatic heterocycles. The van der Waals surface area contributed by atoms with Gasteiger partial charge in [-0.3, -0.25) is 0 Å². The van der Waals surface area contributed by atoms with Gasteiger partial charge in [-0.2, -0.15) is 0 Å². The van der Waals surface area contributed by atoms with Crippen molar-refractivity contribution in [2.24, 2.45) is 0 Å². The van der Waals surface area contributed by atoms with E-state index < -0.39 is 5.60 Å². The molecule has 0 heterocycles. The van der Waals surface area contributed by atoms with Gasteiger partial charge in [0, 0.05) is 0 Å². The smallest absolute Gasteiger partial charge is 0.0856 e. The van der Waals surface area contributed by atoms with Gasteiger partial charge >= 0.3 is 0 Å². The van der Waals surface area contributed by atoms with E-state index in [1.807, 2.05) is 0 Å². The van der Waals surface area contributed by atoms with Crippen molar-refractivity contribution >= 4 is 0 Å². The summed E-state index contributed by atoms with van der Waals surface area (Å²) in [5, 5.41) is 10.6. The molecule has 1 aliphatic rings. The van der Waals surface area contributed by atoms with Crippen LogP contribution in [0.15, 0.2) is 11.6 Å². The van der Waals surface area contributed by atoms with Gasteiger partial charge in [-0.25, -0.2) is 0 Å². The molecule has 0 saturated heterocycles. The summed E-state index contributed by atoms with van der Waals surface area (Å²) in [6.45, 7) is 4.31. The van der Waals surface area contributed by atoms with Crippen LogP contribution in [0.4, 0.5) is 0 Å². The Bertz CT molecular complexity index is 187. The molecular weight excluding hydrogens is 172 g/mol. The first-order valence-electron chi connectivity index (χ1n) is 6.15. The molecule has 14 heavy (non-hydrogen) atoms. The van der Waals surface area contributed by atoms with Crippen LogP contribution >= 0.6 is 0 Å². The minimum Gasteiger partial charge on any atom is -0.386 e. The minimum absolute atomic E-state index is 0.468. The first kappa shape index (κ1) is 11.8. The molecule has 0 atom stereocenters. The summed E-state index contributed by atoms with van der Waals surface area (Å²) in [5.41, 5.74) is 0.858. The number of aliphatic hydroxyl groups is 1. The highest BCUT2D eigenvalue weighted by molar-refractivity contribution is 5.18. The quantitative estimate of drug-likeness (QED) is 0.663. The molecular formula is C13H24O. The molecule has 1 rings (SSSR count). The van der Waals surface area contributed by atoms with Gasteiger partial charge in [-0.15, -0.1) is 0 Å². The molecule has 0 saturated carbocycles. The van der Waals surface area contributed by atoms with E-state index in [1.165, 1.54) is 24.8 Å². The maximum absolute atomic E-state index is 10.6. The Hall–Kier alpha value is -0.300. The summed E-state index contributed by atoms with van der Waals surface area (Å²) in [5.74, 6) is 0. The van der Waals surface area contributed by atoms with Gasteiger partial charge in [0.15, 0.2) is 0 Å². The van der Waals surface area contributed by atoms with Crippen LogP contribution in [0.25, 0.3) is 0 Å². The van der Waals surface area contributed by atoms with Gasteiger partial charge in [0.2, 0.25) is 0 Å². The Balaban J connectivity index is 2.68. The zero-order valence-corrected chi connectivity index (χ0v) is 9.68. The van der Waals surface area contributed by atoms with Crippen molar-refractivity contribution in [1.82, 2.24) is 0 Å². The number of hydrogen-bond acceptors (Lipinski definition) is 1. The fourth-order valence-electron chi connectivity index (χ4n) is 2.53. The third-order valence-electron chi connectivity index (χ3n) is 3.22. The fraction of sp³-hybridized carbons (Fsp3) is 0.846. The molecule has 1 N–H and O–H groups in total. The predicted molar refractivity (Wildman–Crippen MR) is 61.3 cm³/mol. The van der Waals surface area contributed by atoms with E-state index in [1.54, 1.807) is 0 Å². The Labute approximate surface area is 88.2 Å². The molecule has 82 valence electrons. The molecule has 0 spiro atoms. The first-order valence-corrected chi connectivity index (χ1v) is 6.15. The SMILES string of the molecule is CCCC(O)(CCC)C1=CCCCC1. The van der Waals surface area contributed by atoms with Gasteiger partial charge in [0.1, 0.15) is 0 Å². The summed E-state index contributed by atoms with van der Waals surface area (Å²) in [6.07, 6.45) is 11.2. The highest BCUT2D eigenvalue weighted by atomic mass is 16.3. The summed E-state index contributed by atoms with van der Waals surface area (Å²) in [6, 6.07) is 0. The molecule has 0 radical (unpaired) electrons. The lowest BCUT2D eigenvalue weighted by atomic mass is 9.80. The monoisotopic (exact) mass is 196 g/mol. The zero-order chi connectivity index (χ0) is 10.4. The van der Waals surface area contributed by atoms with E-state index in [0.717, 1.165) is 32.1 Å². The molecule has 0 fully saturated rings. The highest BCUT2D eigenvalue weighted by Crippen LogP contribution is 2.34. The van der Waals surface area contributed by atoms with Gasteiger partial charge in [-0.1, -0.05) is 32.8 Å². The summed E-state index contributed by atoms with van der Waals surface area (Å²) < 4.78 is 0. The zero-order valence-electron chi connectivity index (χ0n) is 9.68. The van der Waals surface area contributed by atoms with E-state index in [9.17, 15) is 5.11 Å². The van der Waals surface area contributed by atoms with E-state index in [-0.39, 0.29) is 0 Å². The van der Waals surface area contributed by atoms with E-state index in [2.05, 4.69) is 19.9 Å². The van der Waals surface area contributed by atoms with Crippen molar-refractivity contribution in [3.05, 3.63) is 11.6 Å². The van der Waals surface area contributed by atoms with Crippen molar-refractivity contribution in [3.63, 3.8) is 0 Å². The fourth-order valence-corrected chi connectivity index (χ4v) is 2.53. The predicted octanol–water partition coefficient (Wildman–Crippen LogP) is 3.82. The van der Waals surface area contributed by atoms with E-state index in [4.69, 9.17) is 0 Å². The Morgan fingerprint density at radius 2 is 1.86 bits per heavy atom. The number of rotatable bonds is 5. The van der Waals surface area contributed by atoms with Crippen LogP contribution in [0.2, 0.25) is 0 Å². The molecule has 0 aliphatic heterocycles. The number of hydrogen-bond donors (Lipinski definition) is 1. The Morgan fingerprint density at radius 3 is 2.29 bits per heavy atom. The van der Waals surface area contributed by atoms with Crippen LogP contribution in [-0.2, 0) is 0 Å². The van der Waals surface area contributed by atoms with E-state index >= 15 is 0 Å². The molecule has 0 aromatic rings. The highest BCUT2D eigenvalue weighted by Gasteiger charge is 2.29. The standard InChI is InChI=1S/C13H24O/c1-3-10-13(14,11-4-2)12-8-6-5-7-9-12/h8,14H,3-7,9-11H2,1-2H3. The van der Waals surface area contributed by atoms with Gasteiger partial charge in [0.05, 0.1) is 5.60 Å². The Kier molecular flexibility index (Phi) is 4.67. The average Bonchev–Trinajstić information content (AvgIpc) is 2.20. The lowest BCUT2D eigenvalue weighted by Crippen LogP contribution is -2.31. The largest absolute Gasteiger partial charge is 0.386 e. The summed E-state index contributed by atoms with van der Waals surface area (Å²) >= 11 is 0. The second-order valence-corrected chi connectivity index (χ2v) is 4.51. The minimum atomic E-state index is -0.468. The van der Waals surface area contributed by atoms with Crippen LogP contribution in [-0.4, -0.2) is 10.7 Å². The maximum Gasteiger partial charge on any atom is 0.0856 e. The van der Waals surface area contributed by atoms with E-state index in [0.29, 0.717) is 0 Å². The van der Waals surface area contributed by atoms with Crippen LogP contribution in [0.1, 0.15) is 65.2 Å². The Morgan fingerprint density at radius 1 is 1.21 bits per heavy atom. The molecule has 0 amide bonds. The molecule has 1 aliphatic carbocycles. The molecule has 0 bridgehead atoms.